The molecule has 1 aliphatic carbocycles. The van der Waals surface area contributed by atoms with Crippen LogP contribution in [-0.4, -0.2) is 6.10 Å². The fraction of sp³-hybridized carbons (Fsp3) is 0.538. The van der Waals surface area contributed by atoms with Gasteiger partial charge in [-0.25, -0.2) is 8.78 Å². The Kier molecular flexibility index (Phi) is 4.37. The van der Waals surface area contributed by atoms with Gasteiger partial charge in [0.2, 0.25) is 0 Å². The quantitative estimate of drug-likeness (QED) is 0.743. The van der Waals surface area contributed by atoms with E-state index >= 15 is 0 Å². The van der Waals surface area contributed by atoms with E-state index in [2.05, 4.69) is 15.9 Å². The van der Waals surface area contributed by atoms with Crippen molar-refractivity contribution in [3.63, 3.8) is 0 Å². The standard InChI is InChI=1S/C13H15BrF2O/c14-8-9-6-11(15)13(12(16)7-9)17-10-4-2-1-3-5-10/h6-7,10H,1-5,8H2. The van der Waals surface area contributed by atoms with Crippen molar-refractivity contribution >= 4 is 15.9 Å². The summed E-state index contributed by atoms with van der Waals surface area (Å²) in [6.45, 7) is 0. The zero-order chi connectivity index (χ0) is 12.3. The highest BCUT2D eigenvalue weighted by molar-refractivity contribution is 9.08. The van der Waals surface area contributed by atoms with Crippen molar-refractivity contribution in [3.05, 3.63) is 29.3 Å². The second kappa shape index (κ2) is 5.80. The van der Waals surface area contributed by atoms with Crippen LogP contribution in [0.5, 0.6) is 5.75 Å². The second-order valence-corrected chi connectivity index (χ2v) is 4.96. The van der Waals surface area contributed by atoms with Gasteiger partial charge in [0.25, 0.3) is 0 Å². The Morgan fingerprint density at radius 3 is 2.24 bits per heavy atom. The molecule has 4 heteroatoms. The molecular formula is C13H15BrF2O. The first-order valence-electron chi connectivity index (χ1n) is 5.91. The van der Waals surface area contributed by atoms with Gasteiger partial charge in [-0.15, -0.1) is 0 Å². The fourth-order valence-corrected chi connectivity index (χ4v) is 2.48. The molecule has 0 amide bonds. The van der Waals surface area contributed by atoms with Crippen LogP contribution < -0.4 is 4.74 Å². The third kappa shape index (κ3) is 3.18. The van der Waals surface area contributed by atoms with Gasteiger partial charge < -0.3 is 4.74 Å². The predicted molar refractivity (Wildman–Crippen MR) is 66.5 cm³/mol. The summed E-state index contributed by atoms with van der Waals surface area (Å²) >= 11 is 3.17. The van der Waals surface area contributed by atoms with Gasteiger partial charge in [-0.1, -0.05) is 22.4 Å². The Labute approximate surface area is 108 Å². The molecule has 0 saturated heterocycles. The zero-order valence-electron chi connectivity index (χ0n) is 9.52. The van der Waals surface area contributed by atoms with E-state index in [0.717, 1.165) is 25.7 Å². The van der Waals surface area contributed by atoms with Crippen molar-refractivity contribution in [2.75, 3.05) is 0 Å². The molecule has 1 saturated carbocycles. The number of hydrogen-bond donors (Lipinski definition) is 0. The minimum atomic E-state index is -0.606. The second-order valence-electron chi connectivity index (χ2n) is 4.40. The van der Waals surface area contributed by atoms with E-state index in [4.69, 9.17) is 4.74 Å². The van der Waals surface area contributed by atoms with Crippen LogP contribution in [0.3, 0.4) is 0 Å². The van der Waals surface area contributed by atoms with E-state index in [-0.39, 0.29) is 11.9 Å². The smallest absolute Gasteiger partial charge is 0.191 e. The van der Waals surface area contributed by atoms with E-state index in [1.807, 2.05) is 0 Å². The highest BCUT2D eigenvalue weighted by Gasteiger charge is 2.19. The van der Waals surface area contributed by atoms with E-state index in [1.54, 1.807) is 0 Å². The van der Waals surface area contributed by atoms with Crippen molar-refractivity contribution in [2.24, 2.45) is 0 Å². The van der Waals surface area contributed by atoms with E-state index in [9.17, 15) is 8.78 Å². The number of ether oxygens (including phenoxy) is 1. The molecule has 2 rings (SSSR count). The van der Waals surface area contributed by atoms with Crippen LogP contribution in [-0.2, 0) is 5.33 Å². The molecule has 0 atom stereocenters. The summed E-state index contributed by atoms with van der Waals surface area (Å²) in [4.78, 5) is 0. The largest absolute Gasteiger partial charge is 0.484 e. The van der Waals surface area contributed by atoms with Gasteiger partial charge in [0.1, 0.15) is 0 Å². The number of rotatable bonds is 3. The average Bonchev–Trinajstić information content (AvgIpc) is 2.35. The summed E-state index contributed by atoms with van der Waals surface area (Å²) in [5.41, 5.74) is 0.580. The van der Waals surface area contributed by atoms with Crippen molar-refractivity contribution in [1.29, 1.82) is 0 Å². The van der Waals surface area contributed by atoms with Gasteiger partial charge in [-0.05, 0) is 43.4 Å². The third-order valence-corrected chi connectivity index (χ3v) is 3.70. The maximum Gasteiger partial charge on any atom is 0.191 e. The molecule has 0 N–H and O–H groups in total. The summed E-state index contributed by atoms with van der Waals surface area (Å²) < 4.78 is 32.8. The van der Waals surface area contributed by atoms with Gasteiger partial charge in [-0.2, -0.15) is 0 Å². The zero-order valence-corrected chi connectivity index (χ0v) is 11.1. The molecule has 0 spiro atoms. The summed E-state index contributed by atoms with van der Waals surface area (Å²) in [5.74, 6) is -1.43. The number of hydrogen-bond acceptors (Lipinski definition) is 1. The highest BCUT2D eigenvalue weighted by Crippen LogP contribution is 2.29. The average molecular weight is 305 g/mol. The normalized spacial score (nSPS) is 17.1. The lowest BCUT2D eigenvalue weighted by Gasteiger charge is -2.23. The van der Waals surface area contributed by atoms with Gasteiger partial charge >= 0.3 is 0 Å². The lowest BCUT2D eigenvalue weighted by atomic mass is 9.98. The topological polar surface area (TPSA) is 9.23 Å². The maximum absolute atomic E-state index is 13.7. The molecule has 0 unspecified atom stereocenters. The molecule has 1 aromatic rings. The Balaban J connectivity index is 2.14. The molecule has 0 aromatic heterocycles. The Morgan fingerprint density at radius 1 is 1.12 bits per heavy atom. The minimum absolute atomic E-state index is 0.0393. The summed E-state index contributed by atoms with van der Waals surface area (Å²) in [6.07, 6.45) is 5.08. The maximum atomic E-state index is 13.7. The summed E-state index contributed by atoms with van der Waals surface area (Å²) in [5, 5.41) is 0.435. The van der Waals surface area contributed by atoms with Crippen LogP contribution in [0.25, 0.3) is 0 Å². The third-order valence-electron chi connectivity index (χ3n) is 3.05. The Morgan fingerprint density at radius 2 is 1.71 bits per heavy atom. The van der Waals surface area contributed by atoms with E-state index < -0.39 is 11.6 Å². The van der Waals surface area contributed by atoms with Crippen LogP contribution >= 0.6 is 15.9 Å². The first-order chi connectivity index (χ1) is 8.20. The van der Waals surface area contributed by atoms with Gasteiger partial charge in [-0.3, -0.25) is 0 Å². The molecular weight excluding hydrogens is 290 g/mol. The molecule has 1 fully saturated rings. The molecule has 1 aromatic carbocycles. The summed E-state index contributed by atoms with van der Waals surface area (Å²) in [6, 6.07) is 2.63. The van der Waals surface area contributed by atoms with Crippen molar-refractivity contribution in [2.45, 2.75) is 43.5 Å². The van der Waals surface area contributed by atoms with Gasteiger partial charge in [0.15, 0.2) is 17.4 Å². The molecule has 94 valence electrons. The number of alkyl halides is 1. The van der Waals surface area contributed by atoms with E-state index in [1.165, 1.54) is 18.6 Å². The molecule has 0 bridgehead atoms. The molecule has 1 nitrogen and oxygen atoms in total. The van der Waals surface area contributed by atoms with Crippen LogP contribution in [0.2, 0.25) is 0 Å². The number of halogens is 3. The first kappa shape index (κ1) is 12.8. The Hall–Kier alpha value is -0.640. The van der Waals surface area contributed by atoms with Crippen molar-refractivity contribution in [3.8, 4) is 5.75 Å². The molecule has 17 heavy (non-hydrogen) atoms. The first-order valence-corrected chi connectivity index (χ1v) is 7.03. The lowest BCUT2D eigenvalue weighted by molar-refractivity contribution is 0.142. The monoisotopic (exact) mass is 304 g/mol. The number of benzene rings is 1. The van der Waals surface area contributed by atoms with Gasteiger partial charge in [0, 0.05) is 5.33 Å². The SMILES string of the molecule is Fc1cc(CBr)cc(F)c1OC1CCCCC1. The van der Waals surface area contributed by atoms with Crippen molar-refractivity contribution in [1.82, 2.24) is 0 Å². The summed E-state index contributed by atoms with van der Waals surface area (Å²) in [7, 11) is 0. The van der Waals surface area contributed by atoms with E-state index in [0.29, 0.717) is 10.9 Å². The molecule has 1 aliphatic rings. The van der Waals surface area contributed by atoms with Gasteiger partial charge in [0.05, 0.1) is 6.10 Å². The Bertz CT molecular complexity index is 366. The highest BCUT2D eigenvalue weighted by atomic mass is 79.9. The lowest BCUT2D eigenvalue weighted by Crippen LogP contribution is -2.20. The fourth-order valence-electron chi connectivity index (χ4n) is 2.15. The van der Waals surface area contributed by atoms with Crippen LogP contribution in [0, 0.1) is 11.6 Å². The van der Waals surface area contributed by atoms with Crippen LogP contribution in [0.1, 0.15) is 37.7 Å². The van der Waals surface area contributed by atoms with Crippen LogP contribution in [0.15, 0.2) is 12.1 Å². The van der Waals surface area contributed by atoms with Crippen LogP contribution in [0.4, 0.5) is 8.78 Å². The predicted octanol–water partition coefficient (Wildman–Crippen LogP) is 4.57. The molecule has 0 aliphatic heterocycles. The minimum Gasteiger partial charge on any atom is -0.484 e. The molecule has 0 radical (unpaired) electrons. The molecule has 0 heterocycles. The van der Waals surface area contributed by atoms with Crippen molar-refractivity contribution < 1.29 is 13.5 Å².